The van der Waals surface area contributed by atoms with Crippen LogP contribution in [-0.4, -0.2) is 0 Å². The summed E-state index contributed by atoms with van der Waals surface area (Å²) in [6.07, 6.45) is 3.51. The van der Waals surface area contributed by atoms with Gasteiger partial charge in [-0.3, -0.25) is 0 Å². The van der Waals surface area contributed by atoms with E-state index < -0.39 is 0 Å². The summed E-state index contributed by atoms with van der Waals surface area (Å²) in [5.74, 6) is 0.518. The molecule has 0 saturated carbocycles. The topological polar surface area (TPSA) is 3.88 Å². The Hall–Kier alpha value is -1.63. The molecule has 0 saturated heterocycles. The Kier molecular flexibility index (Phi) is 5.71. The molecule has 0 atom stereocenters. The van der Waals surface area contributed by atoms with Crippen molar-refractivity contribution in [2.24, 2.45) is 7.05 Å². The normalized spacial score (nSPS) is 12.7. The number of hydrogen-bond acceptors (Lipinski definition) is 0. The first-order valence-electron chi connectivity index (χ1n) is 10.0. The number of pyridine rings is 1. The van der Waals surface area contributed by atoms with Crippen molar-refractivity contribution in [3.63, 3.8) is 0 Å². The number of aryl methyl sites for hydroxylation is 2. The van der Waals surface area contributed by atoms with E-state index in [0.29, 0.717) is 5.92 Å². The molecule has 0 aliphatic carbocycles. The number of aromatic nitrogens is 1. The fraction of sp³-hybridized carbons (Fsp3) is 0.560. The second kappa shape index (κ2) is 7.18. The minimum Gasteiger partial charge on any atom is -0.201 e. The highest BCUT2D eigenvalue weighted by Gasteiger charge is 2.28. The first-order chi connectivity index (χ1) is 11.9. The first kappa shape index (κ1) is 20.7. The van der Waals surface area contributed by atoms with Crippen molar-refractivity contribution in [1.29, 1.82) is 0 Å². The van der Waals surface area contributed by atoms with E-state index in [0.717, 1.165) is 6.42 Å². The number of rotatable bonds is 4. The SMILES string of the molecule is CCC(C)(C)c1c[n+](C)c(-c2ccc(C(C)(C)C)cc2C)cc1C(C)C. The second-order valence-corrected chi connectivity index (χ2v) is 9.81. The van der Waals surface area contributed by atoms with E-state index in [4.69, 9.17) is 0 Å². The monoisotopic (exact) mass is 352 g/mol. The van der Waals surface area contributed by atoms with E-state index in [1.165, 1.54) is 33.5 Å². The zero-order valence-corrected chi connectivity index (χ0v) is 18.6. The van der Waals surface area contributed by atoms with Crippen molar-refractivity contribution in [2.45, 2.75) is 85.5 Å². The van der Waals surface area contributed by atoms with Crippen LogP contribution in [0.4, 0.5) is 0 Å². The fourth-order valence-corrected chi connectivity index (χ4v) is 3.58. The summed E-state index contributed by atoms with van der Waals surface area (Å²) in [5, 5.41) is 0. The van der Waals surface area contributed by atoms with Crippen molar-refractivity contribution in [2.75, 3.05) is 0 Å². The van der Waals surface area contributed by atoms with Crippen LogP contribution in [-0.2, 0) is 17.9 Å². The Labute approximate surface area is 161 Å². The maximum atomic E-state index is 2.43. The molecule has 1 aromatic carbocycles. The van der Waals surface area contributed by atoms with Crippen LogP contribution in [0, 0.1) is 6.92 Å². The minimum atomic E-state index is 0.184. The van der Waals surface area contributed by atoms with Crippen LogP contribution < -0.4 is 4.57 Å². The molecule has 0 radical (unpaired) electrons. The molecule has 142 valence electrons. The molecule has 1 heteroatoms. The highest BCUT2D eigenvalue weighted by Crippen LogP contribution is 2.35. The predicted octanol–water partition coefficient (Wildman–Crippen LogP) is 6.60. The molecular formula is C25H38N+. The molecule has 0 unspecified atom stereocenters. The van der Waals surface area contributed by atoms with Crippen molar-refractivity contribution in [3.8, 4) is 11.3 Å². The standard InChI is InChI=1S/C25H38N/c1-11-25(8,9)22-16-26(10)23(15-21(22)17(2)3)20-13-12-19(14-18(20)4)24(5,6)7/h12-17H,11H2,1-10H3/q+1. The lowest BCUT2D eigenvalue weighted by atomic mass is 9.77. The molecule has 2 rings (SSSR count). The van der Waals surface area contributed by atoms with Gasteiger partial charge in [0.1, 0.15) is 7.05 Å². The van der Waals surface area contributed by atoms with E-state index in [1.807, 2.05) is 0 Å². The smallest absolute Gasteiger partial charge is 0.201 e. The van der Waals surface area contributed by atoms with Gasteiger partial charge in [0.2, 0.25) is 5.69 Å². The molecule has 0 fully saturated rings. The molecule has 0 aliphatic rings. The lowest BCUT2D eigenvalue weighted by Gasteiger charge is -2.27. The van der Waals surface area contributed by atoms with Gasteiger partial charge < -0.3 is 0 Å². The lowest BCUT2D eigenvalue weighted by Crippen LogP contribution is -2.35. The first-order valence-corrected chi connectivity index (χ1v) is 10.0. The van der Waals surface area contributed by atoms with Crippen molar-refractivity contribution in [3.05, 3.63) is 52.7 Å². The van der Waals surface area contributed by atoms with Gasteiger partial charge in [0.15, 0.2) is 6.20 Å². The summed E-state index contributed by atoms with van der Waals surface area (Å²) < 4.78 is 2.32. The van der Waals surface area contributed by atoms with Crippen LogP contribution in [0.1, 0.15) is 90.0 Å². The second-order valence-electron chi connectivity index (χ2n) is 9.81. The summed E-state index contributed by atoms with van der Waals surface area (Å²) >= 11 is 0. The molecule has 0 spiro atoms. The van der Waals surface area contributed by atoms with Crippen LogP contribution in [0.5, 0.6) is 0 Å². The van der Waals surface area contributed by atoms with Crippen molar-refractivity contribution in [1.82, 2.24) is 0 Å². The zero-order valence-electron chi connectivity index (χ0n) is 18.6. The van der Waals surface area contributed by atoms with Gasteiger partial charge in [-0.05, 0) is 52.8 Å². The van der Waals surface area contributed by atoms with E-state index in [9.17, 15) is 0 Å². The molecule has 26 heavy (non-hydrogen) atoms. The van der Waals surface area contributed by atoms with Crippen LogP contribution in [0.25, 0.3) is 11.3 Å². The highest BCUT2D eigenvalue weighted by atomic mass is 14.9. The van der Waals surface area contributed by atoms with Gasteiger partial charge in [0.25, 0.3) is 0 Å². The van der Waals surface area contributed by atoms with Crippen LogP contribution in [0.2, 0.25) is 0 Å². The van der Waals surface area contributed by atoms with E-state index in [2.05, 4.69) is 104 Å². The summed E-state index contributed by atoms with van der Waals surface area (Å²) in [6, 6.07) is 9.38. The Morgan fingerprint density at radius 1 is 1.00 bits per heavy atom. The molecule has 0 bridgehead atoms. The van der Waals surface area contributed by atoms with Gasteiger partial charge in [-0.1, -0.05) is 67.5 Å². The van der Waals surface area contributed by atoms with Gasteiger partial charge in [-0.25, -0.2) is 4.57 Å². The number of nitrogens with zero attached hydrogens (tertiary/aromatic N) is 1. The fourth-order valence-electron chi connectivity index (χ4n) is 3.58. The van der Waals surface area contributed by atoms with Gasteiger partial charge >= 0.3 is 0 Å². The van der Waals surface area contributed by atoms with Crippen molar-refractivity contribution >= 4 is 0 Å². The molecular weight excluding hydrogens is 314 g/mol. The molecule has 0 N–H and O–H groups in total. The molecule has 0 amide bonds. The maximum Gasteiger partial charge on any atom is 0.212 e. The number of benzene rings is 1. The summed E-state index contributed by atoms with van der Waals surface area (Å²) in [4.78, 5) is 0. The Bertz CT molecular complexity index is 789. The van der Waals surface area contributed by atoms with Crippen LogP contribution >= 0.6 is 0 Å². The van der Waals surface area contributed by atoms with Gasteiger partial charge in [-0.2, -0.15) is 0 Å². The predicted molar refractivity (Wildman–Crippen MR) is 114 cm³/mol. The van der Waals surface area contributed by atoms with Gasteiger partial charge in [0.05, 0.1) is 0 Å². The quantitative estimate of drug-likeness (QED) is 0.546. The Balaban J connectivity index is 2.67. The van der Waals surface area contributed by atoms with E-state index >= 15 is 0 Å². The summed E-state index contributed by atoms with van der Waals surface area (Å²) in [5.41, 5.74) is 8.73. The van der Waals surface area contributed by atoms with Gasteiger partial charge in [0, 0.05) is 17.2 Å². The summed E-state index contributed by atoms with van der Waals surface area (Å²) in [6.45, 7) is 20.7. The third-order valence-corrected chi connectivity index (χ3v) is 5.91. The Morgan fingerprint density at radius 2 is 1.62 bits per heavy atom. The molecule has 0 aliphatic heterocycles. The zero-order chi connectivity index (χ0) is 19.9. The maximum absolute atomic E-state index is 2.43. The van der Waals surface area contributed by atoms with E-state index in [1.54, 1.807) is 0 Å². The minimum absolute atomic E-state index is 0.184. The molecule has 1 nitrogen and oxygen atoms in total. The van der Waals surface area contributed by atoms with Crippen molar-refractivity contribution < 1.29 is 4.57 Å². The average molecular weight is 353 g/mol. The number of hydrogen-bond donors (Lipinski definition) is 0. The van der Waals surface area contributed by atoms with Crippen LogP contribution in [0.3, 0.4) is 0 Å². The third kappa shape index (κ3) is 4.03. The third-order valence-electron chi connectivity index (χ3n) is 5.91. The molecule has 2 aromatic rings. The van der Waals surface area contributed by atoms with E-state index in [-0.39, 0.29) is 10.8 Å². The average Bonchev–Trinajstić information content (AvgIpc) is 2.53. The summed E-state index contributed by atoms with van der Waals surface area (Å²) in [7, 11) is 2.19. The van der Waals surface area contributed by atoms with Crippen LogP contribution in [0.15, 0.2) is 30.5 Å². The lowest BCUT2D eigenvalue weighted by molar-refractivity contribution is -0.661. The largest absolute Gasteiger partial charge is 0.212 e. The van der Waals surface area contributed by atoms with Gasteiger partial charge in [-0.15, -0.1) is 0 Å². The highest BCUT2D eigenvalue weighted by molar-refractivity contribution is 5.63. The Morgan fingerprint density at radius 3 is 2.08 bits per heavy atom. The molecule has 1 heterocycles. The molecule has 1 aromatic heterocycles.